The number of hydrogen-bond acceptors (Lipinski definition) is 4. The lowest BCUT2D eigenvalue weighted by atomic mass is 9.76. The summed E-state index contributed by atoms with van der Waals surface area (Å²) in [6, 6.07) is 13.9. The van der Waals surface area contributed by atoms with E-state index in [1.165, 1.54) is 24.3 Å². The molecule has 0 saturated carbocycles. The van der Waals surface area contributed by atoms with Crippen LogP contribution in [0.25, 0.3) is 4.85 Å². The quantitative estimate of drug-likeness (QED) is 0.291. The fourth-order valence-electron chi connectivity index (χ4n) is 5.88. The minimum absolute atomic E-state index is 0.226. The highest BCUT2D eigenvalue weighted by atomic mass is 35.5. The van der Waals surface area contributed by atoms with Crippen molar-refractivity contribution in [3.8, 4) is 0 Å². The lowest BCUT2D eigenvalue weighted by molar-refractivity contribution is -0.130. The molecule has 3 amide bonds. The number of halogens is 4. The average molecular weight is 586 g/mol. The van der Waals surface area contributed by atoms with Crippen LogP contribution in [0.4, 0.5) is 17.1 Å². The van der Waals surface area contributed by atoms with Crippen LogP contribution in [0.5, 0.6) is 0 Å². The first kappa shape index (κ1) is 25.2. The van der Waals surface area contributed by atoms with Crippen LogP contribution in [-0.2, 0) is 26.3 Å². The zero-order valence-corrected chi connectivity index (χ0v) is 22.3. The van der Waals surface area contributed by atoms with Gasteiger partial charge in [0.25, 0.3) is 0 Å². The van der Waals surface area contributed by atoms with Crippen molar-refractivity contribution in [2.24, 2.45) is 11.8 Å². The average Bonchev–Trinajstić information content (AvgIpc) is 3.44. The number of imide groups is 1. The van der Waals surface area contributed by atoms with E-state index in [-0.39, 0.29) is 25.8 Å². The van der Waals surface area contributed by atoms with Gasteiger partial charge in [-0.1, -0.05) is 70.7 Å². The summed E-state index contributed by atoms with van der Waals surface area (Å²) in [6.07, 6.45) is 0.321. The Morgan fingerprint density at radius 1 is 0.895 bits per heavy atom. The van der Waals surface area contributed by atoms with Gasteiger partial charge in [-0.3, -0.25) is 19.7 Å². The van der Waals surface area contributed by atoms with E-state index < -0.39 is 41.1 Å². The molecule has 0 aliphatic carbocycles. The van der Waals surface area contributed by atoms with E-state index in [9.17, 15) is 14.4 Å². The number of benzene rings is 3. The summed E-state index contributed by atoms with van der Waals surface area (Å²) in [4.78, 5) is 46.2. The maximum atomic E-state index is 14.1. The molecule has 2 fully saturated rings. The van der Waals surface area contributed by atoms with E-state index in [1.807, 2.05) is 0 Å². The van der Waals surface area contributed by atoms with Crippen LogP contribution >= 0.6 is 46.4 Å². The summed E-state index contributed by atoms with van der Waals surface area (Å²) in [5.74, 6) is -3.51. The Balaban J connectivity index is 1.51. The fraction of sp³-hybridized carbons (Fsp3) is 0.185. The maximum Gasteiger partial charge on any atom is 0.250 e. The molecule has 0 aromatic heterocycles. The van der Waals surface area contributed by atoms with Crippen LogP contribution in [0.15, 0.2) is 54.6 Å². The smallest absolute Gasteiger partial charge is 0.250 e. The largest absolute Gasteiger partial charge is 0.323 e. The molecular formula is C27H16Cl4N4O3. The Morgan fingerprint density at radius 2 is 1.55 bits per heavy atom. The number of amides is 3. The van der Waals surface area contributed by atoms with Gasteiger partial charge in [0.2, 0.25) is 17.7 Å². The number of nitrogens with zero attached hydrogens (tertiary/aromatic N) is 2. The molecule has 3 aromatic carbocycles. The van der Waals surface area contributed by atoms with Crippen LogP contribution in [0.3, 0.4) is 0 Å². The first-order chi connectivity index (χ1) is 18.1. The predicted molar refractivity (Wildman–Crippen MR) is 146 cm³/mol. The van der Waals surface area contributed by atoms with Gasteiger partial charge >= 0.3 is 0 Å². The molecule has 3 heterocycles. The van der Waals surface area contributed by atoms with Crippen LogP contribution in [-0.4, -0.2) is 23.8 Å². The molecule has 0 radical (unpaired) electrons. The minimum Gasteiger partial charge on any atom is -0.323 e. The third-order valence-electron chi connectivity index (χ3n) is 7.37. The highest BCUT2D eigenvalue weighted by Crippen LogP contribution is 2.55. The summed E-state index contributed by atoms with van der Waals surface area (Å²) >= 11 is 25.1. The summed E-state index contributed by atoms with van der Waals surface area (Å²) in [6.45, 7) is 7.19. The Morgan fingerprint density at radius 3 is 2.21 bits per heavy atom. The number of rotatable bonds is 3. The standard InChI is InChI=1S/C27H16Cl4N4O3/c1-32-16-4-2-12(3-5-16)6-20-21-22(25(37)35(24(21)36)17-8-13(28)7-14(29)9-17)27(34-20)18-10-15(30)11-19(31)23(18)33-26(27)38/h2-5,7-11,20-22,34H,6H2,(H,33,38). The van der Waals surface area contributed by atoms with E-state index in [1.54, 1.807) is 30.3 Å². The van der Waals surface area contributed by atoms with Gasteiger partial charge in [-0.2, -0.15) is 0 Å². The molecule has 190 valence electrons. The Hall–Kier alpha value is -3.12. The number of carbonyl (C=O) groups is 3. The number of fused-ring (bicyclic) bond motifs is 4. The first-order valence-corrected chi connectivity index (χ1v) is 13.0. The topological polar surface area (TPSA) is 82.9 Å². The molecular weight excluding hydrogens is 570 g/mol. The molecule has 3 aromatic rings. The SMILES string of the molecule is [C-]#[N+]c1ccc(CC2NC3(C(=O)Nc4c(Cl)cc(Cl)cc43)C3C(=O)N(c4cc(Cl)cc(Cl)c4)C(=O)C23)cc1. The van der Waals surface area contributed by atoms with Gasteiger partial charge in [0.05, 0.1) is 34.8 Å². The first-order valence-electron chi connectivity index (χ1n) is 11.5. The molecule has 1 spiro atoms. The normalized spacial score (nSPS) is 25.5. The predicted octanol–water partition coefficient (Wildman–Crippen LogP) is 6.02. The molecule has 0 bridgehead atoms. The number of nitrogens with one attached hydrogen (secondary N) is 2. The van der Waals surface area contributed by atoms with Crippen molar-refractivity contribution in [1.29, 1.82) is 0 Å². The highest BCUT2D eigenvalue weighted by molar-refractivity contribution is 6.38. The molecule has 38 heavy (non-hydrogen) atoms. The zero-order chi connectivity index (χ0) is 26.9. The minimum atomic E-state index is -1.58. The van der Waals surface area contributed by atoms with Crippen LogP contribution in [0, 0.1) is 18.4 Å². The summed E-state index contributed by atoms with van der Waals surface area (Å²) in [5, 5.41) is 7.18. The van der Waals surface area contributed by atoms with Gasteiger partial charge in [-0.25, -0.2) is 9.74 Å². The Bertz CT molecular complexity index is 1580. The van der Waals surface area contributed by atoms with Crippen molar-refractivity contribution < 1.29 is 14.4 Å². The van der Waals surface area contributed by atoms with Gasteiger partial charge in [0, 0.05) is 26.7 Å². The number of anilines is 2. The Kier molecular flexibility index (Phi) is 5.95. The van der Waals surface area contributed by atoms with Gasteiger partial charge in [0.1, 0.15) is 5.54 Å². The number of carbonyl (C=O) groups excluding carboxylic acids is 3. The molecule has 3 aliphatic rings. The highest BCUT2D eigenvalue weighted by Gasteiger charge is 2.70. The van der Waals surface area contributed by atoms with Crippen molar-refractivity contribution in [3.63, 3.8) is 0 Å². The van der Waals surface area contributed by atoms with E-state index in [0.29, 0.717) is 23.4 Å². The molecule has 3 aliphatic heterocycles. The van der Waals surface area contributed by atoms with Gasteiger partial charge in [-0.15, -0.1) is 0 Å². The second kappa shape index (κ2) is 8.98. The molecule has 2 saturated heterocycles. The van der Waals surface area contributed by atoms with Crippen molar-refractivity contribution in [2.45, 2.75) is 18.0 Å². The Labute approximate surface area is 237 Å². The molecule has 2 N–H and O–H groups in total. The summed E-state index contributed by atoms with van der Waals surface area (Å²) < 4.78 is 0. The molecule has 7 nitrogen and oxygen atoms in total. The van der Waals surface area contributed by atoms with Crippen LogP contribution in [0.2, 0.25) is 20.1 Å². The fourth-order valence-corrected chi connectivity index (χ4v) is 6.94. The lowest BCUT2D eigenvalue weighted by Gasteiger charge is -2.29. The molecule has 11 heteroatoms. The maximum absolute atomic E-state index is 14.1. The van der Waals surface area contributed by atoms with E-state index in [0.717, 1.165) is 10.5 Å². The lowest BCUT2D eigenvalue weighted by Crippen LogP contribution is -2.53. The van der Waals surface area contributed by atoms with Gasteiger partial charge in [0.15, 0.2) is 5.69 Å². The van der Waals surface area contributed by atoms with Gasteiger partial charge < -0.3 is 5.32 Å². The van der Waals surface area contributed by atoms with E-state index >= 15 is 0 Å². The van der Waals surface area contributed by atoms with Crippen molar-refractivity contribution in [3.05, 3.63) is 97.2 Å². The second-order valence-electron chi connectivity index (χ2n) is 9.45. The van der Waals surface area contributed by atoms with E-state index in [2.05, 4.69) is 15.5 Å². The third-order valence-corrected chi connectivity index (χ3v) is 8.32. The zero-order valence-electron chi connectivity index (χ0n) is 19.3. The van der Waals surface area contributed by atoms with Crippen LogP contribution < -0.4 is 15.5 Å². The molecule has 4 unspecified atom stereocenters. The molecule has 4 atom stereocenters. The van der Waals surface area contributed by atoms with Crippen LogP contribution in [0.1, 0.15) is 11.1 Å². The van der Waals surface area contributed by atoms with Crippen molar-refractivity contribution >= 4 is 81.2 Å². The molecule has 6 rings (SSSR count). The second-order valence-corrected chi connectivity index (χ2v) is 11.2. The number of hydrogen-bond donors (Lipinski definition) is 2. The summed E-state index contributed by atoms with van der Waals surface area (Å²) in [7, 11) is 0. The summed E-state index contributed by atoms with van der Waals surface area (Å²) in [5.41, 5.74) is 0.709. The van der Waals surface area contributed by atoms with Crippen molar-refractivity contribution in [1.82, 2.24) is 5.32 Å². The third kappa shape index (κ3) is 3.64. The monoisotopic (exact) mass is 584 g/mol. The van der Waals surface area contributed by atoms with Crippen molar-refractivity contribution in [2.75, 3.05) is 10.2 Å². The van der Waals surface area contributed by atoms with Gasteiger partial charge in [-0.05, 0) is 42.3 Å². The van der Waals surface area contributed by atoms with E-state index in [4.69, 9.17) is 53.0 Å².